The van der Waals surface area contributed by atoms with Crippen LogP contribution in [0.1, 0.15) is 52.6 Å². The van der Waals surface area contributed by atoms with Crippen molar-refractivity contribution in [2.45, 2.75) is 46.8 Å². The molecule has 2 N–H and O–H groups in total. The van der Waals surface area contributed by atoms with Gasteiger partial charge in [-0.15, -0.1) is 0 Å². The number of morpholine rings is 1. The van der Waals surface area contributed by atoms with Gasteiger partial charge in [0.25, 0.3) is 11.5 Å². The summed E-state index contributed by atoms with van der Waals surface area (Å²) >= 11 is 6.66. The Labute approximate surface area is 237 Å². The van der Waals surface area contributed by atoms with Crippen LogP contribution >= 0.6 is 11.6 Å². The molecule has 0 unspecified atom stereocenters. The average Bonchev–Trinajstić information content (AvgIpc) is 3.26. The summed E-state index contributed by atoms with van der Waals surface area (Å²) in [4.78, 5) is 31.1. The van der Waals surface area contributed by atoms with Crippen molar-refractivity contribution < 1.29 is 13.9 Å². The molecule has 1 aliphatic rings. The quantitative estimate of drug-likeness (QED) is 0.300. The molecule has 9 heteroatoms. The third-order valence-corrected chi connectivity index (χ3v) is 7.78. The Morgan fingerprint density at radius 1 is 1.12 bits per heavy atom. The predicted octanol–water partition coefficient (Wildman–Crippen LogP) is 5.75. The van der Waals surface area contributed by atoms with Crippen molar-refractivity contribution in [1.82, 2.24) is 19.8 Å². The van der Waals surface area contributed by atoms with E-state index in [4.69, 9.17) is 16.3 Å². The van der Waals surface area contributed by atoms with E-state index in [1.165, 1.54) is 6.07 Å². The highest BCUT2D eigenvalue weighted by Crippen LogP contribution is 2.36. The number of carbonyl (C=O) groups is 1. The first kappa shape index (κ1) is 28.1. The first-order valence-electron chi connectivity index (χ1n) is 13.5. The Bertz CT molecular complexity index is 1640. The third-order valence-electron chi connectivity index (χ3n) is 7.49. The van der Waals surface area contributed by atoms with Gasteiger partial charge in [-0.2, -0.15) is 0 Å². The van der Waals surface area contributed by atoms with Crippen LogP contribution in [-0.4, -0.2) is 46.7 Å². The highest BCUT2D eigenvalue weighted by Gasteiger charge is 2.21. The normalized spacial score (nSPS) is 14.3. The van der Waals surface area contributed by atoms with Gasteiger partial charge in [0, 0.05) is 60.6 Å². The maximum atomic E-state index is 15.3. The number of benzene rings is 2. The molecule has 210 valence electrons. The summed E-state index contributed by atoms with van der Waals surface area (Å²) in [6, 6.07) is 10.9. The highest BCUT2D eigenvalue weighted by atomic mass is 35.5. The van der Waals surface area contributed by atoms with Gasteiger partial charge in [0.1, 0.15) is 5.82 Å². The number of nitrogens with one attached hydrogen (secondary N) is 2. The van der Waals surface area contributed by atoms with Gasteiger partial charge in [-0.05, 0) is 68.7 Å². The predicted molar refractivity (Wildman–Crippen MR) is 157 cm³/mol. The number of aromatic nitrogens is 2. The molecule has 4 aromatic rings. The van der Waals surface area contributed by atoms with Gasteiger partial charge in [-0.25, -0.2) is 4.39 Å². The molecule has 0 radical (unpaired) electrons. The lowest BCUT2D eigenvalue weighted by Crippen LogP contribution is -2.35. The number of hydrogen-bond acceptors (Lipinski definition) is 4. The summed E-state index contributed by atoms with van der Waals surface area (Å²) in [6.07, 6.45) is 1.82. The van der Waals surface area contributed by atoms with Gasteiger partial charge >= 0.3 is 0 Å². The number of ether oxygens (including phenoxy) is 1. The number of H-pyrrole nitrogens is 1. The minimum atomic E-state index is -0.362. The van der Waals surface area contributed by atoms with Crippen molar-refractivity contribution in [3.8, 4) is 11.1 Å². The van der Waals surface area contributed by atoms with Crippen molar-refractivity contribution in [2.75, 3.05) is 26.3 Å². The van der Waals surface area contributed by atoms with E-state index >= 15 is 4.39 Å². The van der Waals surface area contributed by atoms with Crippen LogP contribution in [0.15, 0.2) is 47.4 Å². The van der Waals surface area contributed by atoms with Crippen molar-refractivity contribution in [3.05, 3.63) is 91.7 Å². The zero-order chi connectivity index (χ0) is 28.6. The topological polar surface area (TPSA) is 79.4 Å². The smallest absolute Gasteiger partial charge is 0.253 e. The summed E-state index contributed by atoms with van der Waals surface area (Å²) in [5, 5.41) is 3.98. The number of rotatable bonds is 7. The maximum absolute atomic E-state index is 15.3. The molecular formula is C31H34ClFN4O3. The number of fused-ring (bicyclic) bond motifs is 1. The van der Waals surface area contributed by atoms with Crippen molar-refractivity contribution in [1.29, 1.82) is 0 Å². The van der Waals surface area contributed by atoms with Gasteiger partial charge in [0.15, 0.2) is 0 Å². The number of aryl methyl sites for hydroxylation is 2. The molecule has 0 spiro atoms. The Hall–Kier alpha value is -3.46. The van der Waals surface area contributed by atoms with Crippen LogP contribution < -0.4 is 10.9 Å². The Morgan fingerprint density at radius 2 is 1.88 bits per heavy atom. The summed E-state index contributed by atoms with van der Waals surface area (Å²) in [5.41, 5.74) is 4.98. The Balaban J connectivity index is 1.52. The van der Waals surface area contributed by atoms with Crippen LogP contribution in [0.3, 0.4) is 0 Å². The van der Waals surface area contributed by atoms with Gasteiger partial charge in [0.2, 0.25) is 0 Å². The molecule has 0 bridgehead atoms. The molecule has 7 nitrogen and oxygen atoms in total. The lowest BCUT2D eigenvalue weighted by atomic mass is 9.98. The fourth-order valence-electron chi connectivity index (χ4n) is 5.33. The number of hydrogen-bond donors (Lipinski definition) is 2. The van der Waals surface area contributed by atoms with Crippen molar-refractivity contribution in [3.63, 3.8) is 0 Å². The number of aromatic amines is 1. The highest BCUT2D eigenvalue weighted by molar-refractivity contribution is 6.37. The fourth-order valence-corrected chi connectivity index (χ4v) is 5.63. The second-order valence-electron chi connectivity index (χ2n) is 10.7. The Kier molecular flexibility index (Phi) is 8.12. The zero-order valence-electron chi connectivity index (χ0n) is 23.2. The van der Waals surface area contributed by atoms with E-state index in [0.717, 1.165) is 29.9 Å². The average molecular weight is 565 g/mol. The molecular weight excluding hydrogens is 531 g/mol. The first-order valence-corrected chi connectivity index (χ1v) is 13.9. The van der Waals surface area contributed by atoms with Gasteiger partial charge in [0.05, 0.1) is 29.3 Å². The lowest BCUT2D eigenvalue weighted by molar-refractivity contribution is 0.0337. The molecule has 0 aliphatic carbocycles. The van der Waals surface area contributed by atoms with E-state index in [2.05, 4.69) is 15.2 Å². The summed E-state index contributed by atoms with van der Waals surface area (Å²) in [6.45, 7) is 11.2. The second-order valence-corrected chi connectivity index (χ2v) is 11.1. The third kappa shape index (κ3) is 5.70. The number of pyridine rings is 1. The molecule has 1 saturated heterocycles. The molecule has 3 heterocycles. The number of nitrogens with zero attached hydrogens (tertiary/aromatic N) is 2. The van der Waals surface area contributed by atoms with E-state index in [1.54, 1.807) is 6.07 Å². The minimum absolute atomic E-state index is 0.0688. The summed E-state index contributed by atoms with van der Waals surface area (Å²) in [7, 11) is 0. The molecule has 2 aromatic heterocycles. The molecule has 5 rings (SSSR count). The van der Waals surface area contributed by atoms with E-state index in [-0.39, 0.29) is 29.9 Å². The largest absolute Gasteiger partial charge is 0.379 e. The van der Waals surface area contributed by atoms with Crippen molar-refractivity contribution in [2.24, 2.45) is 0 Å². The van der Waals surface area contributed by atoms with Crippen LogP contribution in [0, 0.1) is 19.7 Å². The van der Waals surface area contributed by atoms with Crippen LogP contribution in [0.5, 0.6) is 0 Å². The zero-order valence-corrected chi connectivity index (χ0v) is 24.0. The fraction of sp³-hybridized carbons (Fsp3) is 0.355. The maximum Gasteiger partial charge on any atom is 0.253 e. The summed E-state index contributed by atoms with van der Waals surface area (Å²) < 4.78 is 22.7. The molecule has 0 saturated carbocycles. The van der Waals surface area contributed by atoms with Crippen LogP contribution in [-0.2, 0) is 17.8 Å². The Morgan fingerprint density at radius 3 is 2.55 bits per heavy atom. The van der Waals surface area contributed by atoms with Gasteiger partial charge in [-0.1, -0.05) is 23.7 Å². The molecule has 1 aliphatic heterocycles. The SMILES string of the molecule is Cc1cc(C)c(CNC(=O)c2cc(-c3ccc(CN4CCOCC4)c(F)c3)cc3c2c(Cl)cn3C(C)C)c(=O)[nH]1. The van der Waals surface area contributed by atoms with Gasteiger partial charge < -0.3 is 19.6 Å². The molecule has 0 atom stereocenters. The number of amides is 1. The molecule has 2 aromatic carbocycles. The lowest BCUT2D eigenvalue weighted by Gasteiger charge is -2.26. The molecule has 40 heavy (non-hydrogen) atoms. The van der Waals surface area contributed by atoms with Crippen LogP contribution in [0.4, 0.5) is 4.39 Å². The van der Waals surface area contributed by atoms with Gasteiger partial charge in [-0.3, -0.25) is 14.5 Å². The minimum Gasteiger partial charge on any atom is -0.379 e. The van der Waals surface area contributed by atoms with Crippen molar-refractivity contribution >= 4 is 28.4 Å². The van der Waals surface area contributed by atoms with E-state index < -0.39 is 0 Å². The number of carbonyl (C=O) groups excluding carboxylic acids is 1. The van der Waals surface area contributed by atoms with Crippen LogP contribution in [0.2, 0.25) is 5.02 Å². The second kappa shape index (κ2) is 11.6. The number of halogens is 2. The van der Waals surface area contributed by atoms with E-state index in [1.807, 2.05) is 62.7 Å². The monoisotopic (exact) mass is 564 g/mol. The standard InChI is InChI=1S/C31H34ClFN4O3/c1-18(2)37-17-26(32)29-24(30(38)34-15-25-19(3)11-20(4)35-31(25)39)12-23(14-28(29)37)21-5-6-22(27(33)13-21)16-36-7-9-40-10-8-36/h5-6,11-14,17-18H,7-10,15-16H2,1-4H3,(H,34,38)(H,35,39). The molecule has 1 amide bonds. The summed E-state index contributed by atoms with van der Waals surface area (Å²) in [5.74, 6) is -0.652. The first-order chi connectivity index (χ1) is 19.1. The molecule has 1 fully saturated rings. The van der Waals surface area contributed by atoms with E-state index in [0.29, 0.717) is 58.0 Å². The van der Waals surface area contributed by atoms with Crippen LogP contribution in [0.25, 0.3) is 22.0 Å². The van der Waals surface area contributed by atoms with E-state index in [9.17, 15) is 9.59 Å².